The summed E-state index contributed by atoms with van der Waals surface area (Å²) in [7, 11) is 0. The number of imide groups is 1. The zero-order chi connectivity index (χ0) is 25.7. The van der Waals surface area contributed by atoms with Crippen molar-refractivity contribution in [2.24, 2.45) is 0 Å². The van der Waals surface area contributed by atoms with Gasteiger partial charge in [-0.15, -0.1) is 0 Å². The van der Waals surface area contributed by atoms with Crippen LogP contribution in [0.2, 0.25) is 0 Å². The third-order valence-electron chi connectivity index (χ3n) is 5.63. The highest BCUT2D eigenvalue weighted by Gasteiger charge is 2.35. The van der Waals surface area contributed by atoms with Gasteiger partial charge in [-0.25, -0.2) is 0 Å². The maximum Gasteiger partial charge on any atom is 0.292 e. The van der Waals surface area contributed by atoms with Crippen LogP contribution in [-0.2, 0) is 6.54 Å². The molecule has 0 aliphatic carbocycles. The van der Waals surface area contributed by atoms with Gasteiger partial charge >= 0.3 is 0 Å². The minimum atomic E-state index is -0.477. The Bertz CT molecular complexity index is 1300. The maximum atomic E-state index is 12.9. The van der Waals surface area contributed by atoms with E-state index >= 15 is 0 Å². The van der Waals surface area contributed by atoms with Crippen molar-refractivity contribution in [2.45, 2.75) is 13.5 Å². The fourth-order valence-corrected chi connectivity index (χ4v) is 3.95. The molecule has 3 aromatic rings. The summed E-state index contributed by atoms with van der Waals surface area (Å²) in [5.41, 5.74) is 1.88. The Balaban J connectivity index is 1.44. The normalized spacial score (nSPS) is 12.3. The van der Waals surface area contributed by atoms with E-state index in [2.05, 4.69) is 10.6 Å². The number of para-hydroxylation sites is 2. The molecular formula is C26H24N4O6. The number of nitro benzene ring substituents is 1. The topological polar surface area (TPSA) is 131 Å². The molecule has 10 nitrogen and oxygen atoms in total. The lowest BCUT2D eigenvalue weighted by Crippen LogP contribution is -2.30. The van der Waals surface area contributed by atoms with Gasteiger partial charge in [0, 0.05) is 19.2 Å². The van der Waals surface area contributed by atoms with Crippen LogP contribution >= 0.6 is 0 Å². The molecule has 1 aliphatic heterocycles. The van der Waals surface area contributed by atoms with Crippen LogP contribution in [0.3, 0.4) is 0 Å². The lowest BCUT2D eigenvalue weighted by molar-refractivity contribution is -0.384. The van der Waals surface area contributed by atoms with Gasteiger partial charge in [-0.1, -0.05) is 30.3 Å². The summed E-state index contributed by atoms with van der Waals surface area (Å²) >= 11 is 0. The highest BCUT2D eigenvalue weighted by molar-refractivity contribution is 6.21. The molecule has 0 saturated carbocycles. The smallest absolute Gasteiger partial charge is 0.292 e. The molecule has 3 aromatic carbocycles. The van der Waals surface area contributed by atoms with Crippen LogP contribution in [0.1, 0.15) is 43.6 Å². The molecule has 0 atom stereocenters. The third-order valence-corrected chi connectivity index (χ3v) is 5.63. The van der Waals surface area contributed by atoms with Gasteiger partial charge in [-0.3, -0.25) is 29.4 Å². The first-order valence-corrected chi connectivity index (χ1v) is 11.4. The monoisotopic (exact) mass is 488 g/mol. The fraction of sp³-hybridized carbons (Fsp3) is 0.192. The molecule has 0 spiro atoms. The second kappa shape index (κ2) is 10.7. The van der Waals surface area contributed by atoms with Gasteiger partial charge in [0.15, 0.2) is 0 Å². The predicted octanol–water partition coefficient (Wildman–Crippen LogP) is 3.63. The fourth-order valence-electron chi connectivity index (χ4n) is 3.95. The maximum absolute atomic E-state index is 12.9. The lowest BCUT2D eigenvalue weighted by atomic mass is 10.1. The molecule has 36 heavy (non-hydrogen) atoms. The average molecular weight is 489 g/mol. The Labute approximate surface area is 207 Å². The molecule has 0 bridgehead atoms. The van der Waals surface area contributed by atoms with E-state index in [4.69, 9.17) is 4.74 Å². The van der Waals surface area contributed by atoms with Crippen molar-refractivity contribution < 1.29 is 24.0 Å². The number of amides is 3. The number of nitrogens with one attached hydrogen (secondary N) is 2. The van der Waals surface area contributed by atoms with Crippen LogP contribution in [-0.4, -0.2) is 47.2 Å². The van der Waals surface area contributed by atoms with E-state index in [1.807, 2.05) is 0 Å². The van der Waals surface area contributed by atoms with Crippen molar-refractivity contribution in [3.63, 3.8) is 0 Å². The van der Waals surface area contributed by atoms with E-state index in [9.17, 15) is 24.5 Å². The van der Waals surface area contributed by atoms with E-state index in [0.717, 1.165) is 4.90 Å². The highest BCUT2D eigenvalue weighted by Crippen LogP contribution is 2.27. The van der Waals surface area contributed by atoms with Gasteiger partial charge in [0.1, 0.15) is 11.4 Å². The van der Waals surface area contributed by atoms with Gasteiger partial charge in [0.2, 0.25) is 0 Å². The number of carbonyl (C=O) groups is 3. The quantitative estimate of drug-likeness (QED) is 0.193. The van der Waals surface area contributed by atoms with E-state index in [1.54, 1.807) is 67.6 Å². The van der Waals surface area contributed by atoms with E-state index in [-0.39, 0.29) is 42.7 Å². The van der Waals surface area contributed by atoms with Crippen molar-refractivity contribution in [3.8, 4) is 5.75 Å². The number of ether oxygens (including phenoxy) is 1. The molecule has 10 heteroatoms. The molecule has 0 unspecified atom stereocenters. The molecule has 4 rings (SSSR count). The minimum absolute atomic E-state index is 0.0122. The van der Waals surface area contributed by atoms with Crippen LogP contribution in [0.5, 0.6) is 5.75 Å². The van der Waals surface area contributed by atoms with Gasteiger partial charge in [0.25, 0.3) is 23.4 Å². The SMILES string of the molecule is CCOc1ccc(CN2C(=O)c3ccccc3C2=O)cc1C(=O)NCCNc1ccccc1[N+](=O)[O-]. The van der Waals surface area contributed by atoms with Crippen LogP contribution in [0.15, 0.2) is 66.7 Å². The van der Waals surface area contributed by atoms with Crippen molar-refractivity contribution >= 4 is 29.1 Å². The summed E-state index contributed by atoms with van der Waals surface area (Å²) in [6.07, 6.45) is 0. The molecule has 2 N–H and O–H groups in total. The molecule has 0 saturated heterocycles. The van der Waals surface area contributed by atoms with Crippen LogP contribution in [0, 0.1) is 10.1 Å². The molecule has 184 valence electrons. The zero-order valence-electron chi connectivity index (χ0n) is 19.5. The van der Waals surface area contributed by atoms with Crippen molar-refractivity contribution in [1.82, 2.24) is 10.2 Å². The summed E-state index contributed by atoms with van der Waals surface area (Å²) in [5, 5.41) is 16.9. The molecule has 0 aromatic heterocycles. The second-order valence-corrected chi connectivity index (χ2v) is 7.96. The standard InChI is InChI=1S/C26H24N4O6/c1-2-36-23-12-11-17(16-29-25(32)18-7-3-4-8-19(18)26(29)33)15-20(23)24(31)28-14-13-27-21-9-5-6-10-22(21)30(34)35/h3-12,15,27H,2,13-14,16H2,1H3,(H,28,31). The molecule has 3 amide bonds. The Morgan fingerprint density at radius 1 is 0.972 bits per heavy atom. The first kappa shape index (κ1) is 24.4. The number of nitro groups is 1. The van der Waals surface area contributed by atoms with E-state index < -0.39 is 10.8 Å². The summed E-state index contributed by atoms with van der Waals surface area (Å²) in [6, 6.07) is 17.8. The highest BCUT2D eigenvalue weighted by atomic mass is 16.6. The van der Waals surface area contributed by atoms with Crippen LogP contribution in [0.25, 0.3) is 0 Å². The van der Waals surface area contributed by atoms with Crippen LogP contribution in [0.4, 0.5) is 11.4 Å². The third kappa shape index (κ3) is 5.02. The Morgan fingerprint density at radius 3 is 2.31 bits per heavy atom. The summed E-state index contributed by atoms with van der Waals surface area (Å²) in [6.45, 7) is 2.61. The zero-order valence-corrected chi connectivity index (χ0v) is 19.5. The predicted molar refractivity (Wildman–Crippen MR) is 132 cm³/mol. The lowest BCUT2D eigenvalue weighted by Gasteiger charge is -2.16. The number of benzene rings is 3. The number of carbonyl (C=O) groups excluding carboxylic acids is 3. The number of nitrogens with zero attached hydrogens (tertiary/aromatic N) is 2. The van der Waals surface area contributed by atoms with Crippen LogP contribution < -0.4 is 15.4 Å². The van der Waals surface area contributed by atoms with Gasteiger partial charge in [-0.2, -0.15) is 0 Å². The number of hydrogen-bond donors (Lipinski definition) is 2. The molecule has 1 aliphatic rings. The van der Waals surface area contributed by atoms with E-state index in [0.29, 0.717) is 34.7 Å². The van der Waals surface area contributed by atoms with Gasteiger partial charge in [0.05, 0.1) is 34.8 Å². The summed E-state index contributed by atoms with van der Waals surface area (Å²) in [5.74, 6) is -0.798. The van der Waals surface area contributed by atoms with Crippen molar-refractivity contribution in [2.75, 3.05) is 25.0 Å². The number of anilines is 1. The molecule has 0 fully saturated rings. The first-order chi connectivity index (χ1) is 17.4. The molecular weight excluding hydrogens is 464 g/mol. The van der Waals surface area contributed by atoms with E-state index in [1.165, 1.54) is 6.07 Å². The summed E-state index contributed by atoms with van der Waals surface area (Å²) < 4.78 is 5.59. The Kier molecular flexibility index (Phi) is 7.24. The van der Waals surface area contributed by atoms with Gasteiger partial charge in [-0.05, 0) is 42.8 Å². The largest absolute Gasteiger partial charge is 0.493 e. The number of fused-ring (bicyclic) bond motifs is 1. The van der Waals surface area contributed by atoms with Crippen molar-refractivity contribution in [1.29, 1.82) is 0 Å². The average Bonchev–Trinajstić information content (AvgIpc) is 3.12. The molecule has 0 radical (unpaired) electrons. The van der Waals surface area contributed by atoms with Crippen molar-refractivity contribution in [3.05, 3.63) is 99.1 Å². The van der Waals surface area contributed by atoms with Gasteiger partial charge < -0.3 is 15.4 Å². The second-order valence-electron chi connectivity index (χ2n) is 7.96. The molecule has 1 heterocycles. The minimum Gasteiger partial charge on any atom is -0.493 e. The Morgan fingerprint density at radius 2 is 1.64 bits per heavy atom. The number of rotatable bonds is 10. The Hall–Kier alpha value is -4.73. The number of hydrogen-bond acceptors (Lipinski definition) is 7. The first-order valence-electron chi connectivity index (χ1n) is 11.4. The summed E-state index contributed by atoms with van der Waals surface area (Å²) in [4.78, 5) is 50.2.